The SMILES string of the molecule is O=C(O)C(F)(F)F.[H-].[H-].[Sr+2]. The number of alkyl halides is 3. The molecular formula is C2H3F3O2Sr. The molecule has 0 saturated carbocycles. The van der Waals surface area contributed by atoms with Crippen LogP contribution in [0.2, 0.25) is 0 Å². The molecule has 0 aromatic rings. The first-order valence-corrected chi connectivity index (χ1v) is 1.24. The van der Waals surface area contributed by atoms with Crippen LogP contribution in [0.25, 0.3) is 0 Å². The molecule has 0 spiro atoms. The zero-order chi connectivity index (χ0) is 6.08. The van der Waals surface area contributed by atoms with Gasteiger partial charge in [0.1, 0.15) is 0 Å². The molecule has 0 aromatic heterocycles. The molecule has 0 aromatic carbocycles. The average molecular weight is 204 g/mol. The number of hydrogen-bond donors (Lipinski definition) is 1. The monoisotopic (exact) mass is 204 g/mol. The quantitative estimate of drug-likeness (QED) is 0.582. The molecule has 46 valence electrons. The van der Waals surface area contributed by atoms with E-state index in [1.807, 2.05) is 0 Å². The molecule has 2 nitrogen and oxygen atoms in total. The molecule has 0 amide bonds. The second-order valence-electron chi connectivity index (χ2n) is 0.803. The van der Waals surface area contributed by atoms with Gasteiger partial charge in [0.05, 0.1) is 0 Å². The van der Waals surface area contributed by atoms with Gasteiger partial charge in [-0.15, -0.1) is 0 Å². The summed E-state index contributed by atoms with van der Waals surface area (Å²) in [6, 6.07) is 0. The second kappa shape index (κ2) is 3.71. The van der Waals surface area contributed by atoms with Gasteiger partial charge in [0.15, 0.2) is 0 Å². The molecule has 0 bridgehead atoms. The third-order valence-corrected chi connectivity index (χ3v) is 0.243. The molecule has 0 aliphatic carbocycles. The summed E-state index contributed by atoms with van der Waals surface area (Å²) in [7, 11) is 0. The molecule has 1 N–H and O–H groups in total. The van der Waals surface area contributed by atoms with Gasteiger partial charge < -0.3 is 7.96 Å². The molecule has 0 saturated heterocycles. The van der Waals surface area contributed by atoms with Crippen LogP contribution in [0.5, 0.6) is 0 Å². The van der Waals surface area contributed by atoms with Crippen molar-refractivity contribution in [3.05, 3.63) is 0 Å². The van der Waals surface area contributed by atoms with E-state index in [1.165, 1.54) is 0 Å². The van der Waals surface area contributed by atoms with Gasteiger partial charge in [-0.05, 0) is 0 Å². The van der Waals surface area contributed by atoms with Gasteiger partial charge in [0.2, 0.25) is 0 Å². The Hall–Kier alpha value is 0.741. The van der Waals surface area contributed by atoms with E-state index in [2.05, 4.69) is 0 Å². The molecule has 0 unspecified atom stereocenters. The number of carbonyl (C=O) groups is 1. The molecule has 0 heterocycles. The van der Waals surface area contributed by atoms with E-state index in [-0.39, 0.29) is 48.3 Å². The van der Waals surface area contributed by atoms with Gasteiger partial charge in [-0.25, -0.2) is 4.79 Å². The minimum absolute atomic E-state index is 0. The van der Waals surface area contributed by atoms with E-state index < -0.39 is 12.1 Å². The van der Waals surface area contributed by atoms with Gasteiger partial charge in [-0.1, -0.05) is 0 Å². The maximum Gasteiger partial charge on any atom is 2.00 e. The van der Waals surface area contributed by atoms with Crippen LogP contribution >= 0.6 is 0 Å². The second-order valence-corrected chi connectivity index (χ2v) is 0.803. The summed E-state index contributed by atoms with van der Waals surface area (Å²) in [4.78, 5) is 8.90. The van der Waals surface area contributed by atoms with Gasteiger partial charge in [0, 0.05) is 0 Å². The molecule has 8 heavy (non-hydrogen) atoms. The van der Waals surface area contributed by atoms with Crippen molar-refractivity contribution in [2.45, 2.75) is 6.18 Å². The Morgan fingerprint density at radius 1 is 1.50 bits per heavy atom. The number of aliphatic carboxylic acids is 1. The molecule has 6 heteroatoms. The number of carboxylic acid groups (broad SMARTS) is 1. The Balaban J connectivity index is -0.0000000600. The number of halogens is 3. The fourth-order valence-corrected chi connectivity index (χ4v) is 0. The van der Waals surface area contributed by atoms with Crippen molar-refractivity contribution in [2.75, 3.05) is 0 Å². The van der Waals surface area contributed by atoms with Crippen LogP contribution in [-0.2, 0) is 4.79 Å². The normalized spacial score (nSPS) is 9.88. The molecule has 0 atom stereocenters. The van der Waals surface area contributed by atoms with Gasteiger partial charge in [0.25, 0.3) is 0 Å². The van der Waals surface area contributed by atoms with Crippen LogP contribution in [0.3, 0.4) is 0 Å². The first-order valence-electron chi connectivity index (χ1n) is 1.24. The van der Waals surface area contributed by atoms with Crippen LogP contribution in [0.1, 0.15) is 2.85 Å². The average Bonchev–Trinajstić information content (AvgIpc) is 1.31. The Morgan fingerprint density at radius 2 is 1.62 bits per heavy atom. The summed E-state index contributed by atoms with van der Waals surface area (Å²) in [6.07, 6.45) is -5.08. The topological polar surface area (TPSA) is 37.3 Å². The van der Waals surface area contributed by atoms with Crippen LogP contribution in [0, 0.1) is 0 Å². The van der Waals surface area contributed by atoms with E-state index in [0.717, 1.165) is 0 Å². The zero-order valence-corrected chi connectivity index (χ0v) is 7.17. The molecule has 0 radical (unpaired) electrons. The van der Waals surface area contributed by atoms with Crippen molar-refractivity contribution in [1.82, 2.24) is 0 Å². The fraction of sp³-hybridized carbons (Fsp3) is 0.500. The minimum Gasteiger partial charge on any atom is -1.00 e. The zero-order valence-electron chi connectivity index (χ0n) is 5.70. The Kier molecular flexibility index (Phi) is 5.34. The van der Waals surface area contributed by atoms with E-state index in [9.17, 15) is 13.2 Å². The first kappa shape index (κ1) is 11.5. The fourth-order valence-electron chi connectivity index (χ4n) is 0. The summed E-state index contributed by atoms with van der Waals surface area (Å²) in [5.74, 6) is -2.76. The predicted molar refractivity (Wildman–Crippen MR) is 21.7 cm³/mol. The van der Waals surface area contributed by atoms with E-state index in [4.69, 9.17) is 9.90 Å². The van der Waals surface area contributed by atoms with Crippen LogP contribution in [0.15, 0.2) is 0 Å². The Bertz CT molecular complexity index is 95.0. The molecular weight excluding hydrogens is 201 g/mol. The van der Waals surface area contributed by atoms with Crippen LogP contribution in [0.4, 0.5) is 13.2 Å². The van der Waals surface area contributed by atoms with Gasteiger partial charge >= 0.3 is 57.6 Å². The van der Waals surface area contributed by atoms with Crippen molar-refractivity contribution in [1.29, 1.82) is 0 Å². The van der Waals surface area contributed by atoms with Crippen molar-refractivity contribution in [3.8, 4) is 0 Å². The maximum atomic E-state index is 10.6. The van der Waals surface area contributed by atoms with E-state index >= 15 is 0 Å². The summed E-state index contributed by atoms with van der Waals surface area (Å²) in [5.41, 5.74) is 0. The standard InChI is InChI=1S/C2HF3O2.Sr.2H/c3-2(4,5)1(6)7;;;/h(H,6,7);;;/q;+2;2*-1. The summed E-state index contributed by atoms with van der Waals surface area (Å²) >= 11 is 0. The number of carboxylic acids is 1. The minimum atomic E-state index is -5.08. The molecule has 0 aliphatic heterocycles. The predicted octanol–water partition coefficient (Wildman–Crippen LogP) is 0.477. The number of rotatable bonds is 0. The Labute approximate surface area is 82.9 Å². The van der Waals surface area contributed by atoms with Crippen molar-refractivity contribution in [2.24, 2.45) is 0 Å². The van der Waals surface area contributed by atoms with Gasteiger partial charge in [-0.3, -0.25) is 0 Å². The third-order valence-electron chi connectivity index (χ3n) is 0.243. The first-order chi connectivity index (χ1) is 2.94. The van der Waals surface area contributed by atoms with Gasteiger partial charge in [-0.2, -0.15) is 13.2 Å². The maximum absolute atomic E-state index is 10.6. The molecule has 0 rings (SSSR count). The molecule has 0 aliphatic rings. The van der Waals surface area contributed by atoms with Crippen LogP contribution in [-0.4, -0.2) is 62.7 Å². The largest absolute Gasteiger partial charge is 2.00 e. The van der Waals surface area contributed by atoms with E-state index in [1.54, 1.807) is 0 Å². The summed E-state index contributed by atoms with van der Waals surface area (Å²) in [6.45, 7) is 0. The van der Waals surface area contributed by atoms with Crippen molar-refractivity contribution < 1.29 is 25.9 Å². The van der Waals surface area contributed by atoms with E-state index in [0.29, 0.717) is 0 Å². The number of hydrogen-bond acceptors (Lipinski definition) is 1. The molecule has 0 fully saturated rings. The third kappa shape index (κ3) is 4.89. The van der Waals surface area contributed by atoms with Crippen molar-refractivity contribution >= 4 is 51.5 Å². The van der Waals surface area contributed by atoms with Crippen LogP contribution < -0.4 is 0 Å². The summed E-state index contributed by atoms with van der Waals surface area (Å²) in [5, 5.41) is 7.12. The smallest absolute Gasteiger partial charge is 1.00 e. The Morgan fingerprint density at radius 3 is 1.62 bits per heavy atom. The summed E-state index contributed by atoms with van der Waals surface area (Å²) < 4.78 is 31.7. The van der Waals surface area contributed by atoms with Crippen molar-refractivity contribution in [3.63, 3.8) is 0 Å².